The Morgan fingerprint density at radius 2 is 1.88 bits per heavy atom. The first kappa shape index (κ1) is 11.2. The molecule has 0 aliphatic heterocycles. The molecular formula is C14H12N2O. The predicted octanol–water partition coefficient (Wildman–Crippen LogP) is 2.94. The molecule has 0 fully saturated rings. The quantitative estimate of drug-likeness (QED) is 0.787. The van der Waals surface area contributed by atoms with Gasteiger partial charge >= 0.3 is 0 Å². The van der Waals surface area contributed by atoms with Crippen LogP contribution in [0.1, 0.15) is 11.3 Å². The monoisotopic (exact) mass is 224 g/mol. The van der Waals surface area contributed by atoms with Crippen molar-refractivity contribution in [1.82, 2.24) is 4.98 Å². The molecule has 0 unspecified atom stereocenters. The molecule has 17 heavy (non-hydrogen) atoms. The Morgan fingerprint density at radius 3 is 2.53 bits per heavy atom. The highest BCUT2D eigenvalue weighted by Gasteiger charge is 2.08. The predicted molar refractivity (Wildman–Crippen MR) is 65.7 cm³/mol. The molecule has 1 aromatic heterocycles. The minimum atomic E-state index is 0.584. The van der Waals surface area contributed by atoms with Crippen LogP contribution in [0.3, 0.4) is 0 Å². The number of aromatic nitrogens is 1. The molecule has 0 amide bonds. The largest absolute Gasteiger partial charge is 0.481 e. The number of nitrogens with zero attached hydrogens (tertiary/aromatic N) is 2. The molecule has 2 aromatic rings. The van der Waals surface area contributed by atoms with Crippen molar-refractivity contribution < 1.29 is 4.74 Å². The Kier molecular flexibility index (Phi) is 3.06. The van der Waals surface area contributed by atoms with Gasteiger partial charge in [-0.05, 0) is 19.1 Å². The number of hydrogen-bond acceptors (Lipinski definition) is 3. The number of aryl methyl sites for hydroxylation is 1. The number of pyridine rings is 1. The van der Waals surface area contributed by atoms with Crippen LogP contribution < -0.4 is 4.74 Å². The molecule has 84 valence electrons. The molecule has 0 radical (unpaired) electrons. The van der Waals surface area contributed by atoms with Crippen molar-refractivity contribution in [1.29, 1.82) is 5.26 Å². The normalized spacial score (nSPS) is 9.71. The second kappa shape index (κ2) is 4.67. The molecule has 2 rings (SSSR count). The van der Waals surface area contributed by atoms with E-state index in [0.29, 0.717) is 11.4 Å². The third kappa shape index (κ3) is 2.11. The van der Waals surface area contributed by atoms with Crippen LogP contribution in [0, 0.1) is 18.3 Å². The Hall–Kier alpha value is -2.34. The summed E-state index contributed by atoms with van der Waals surface area (Å²) in [6.07, 6.45) is 0. The first-order chi connectivity index (χ1) is 8.26. The number of hydrogen-bond donors (Lipinski definition) is 0. The first-order valence-electron chi connectivity index (χ1n) is 5.27. The Morgan fingerprint density at radius 1 is 1.12 bits per heavy atom. The Balaban J connectivity index is 2.58. The van der Waals surface area contributed by atoms with Crippen LogP contribution in [-0.2, 0) is 0 Å². The van der Waals surface area contributed by atoms with Gasteiger partial charge in [0.05, 0.1) is 18.7 Å². The summed E-state index contributed by atoms with van der Waals surface area (Å²) < 4.78 is 5.07. The van der Waals surface area contributed by atoms with Crippen molar-refractivity contribution in [3.05, 3.63) is 47.7 Å². The Bertz CT molecular complexity index is 585. The van der Waals surface area contributed by atoms with Gasteiger partial charge in [0, 0.05) is 22.9 Å². The van der Waals surface area contributed by atoms with Gasteiger partial charge in [-0.2, -0.15) is 5.26 Å². The second-order valence-electron chi connectivity index (χ2n) is 3.64. The number of benzene rings is 1. The van der Waals surface area contributed by atoms with E-state index in [0.717, 1.165) is 16.8 Å². The van der Waals surface area contributed by atoms with E-state index in [-0.39, 0.29) is 0 Å². The summed E-state index contributed by atoms with van der Waals surface area (Å²) in [5, 5.41) is 9.08. The summed E-state index contributed by atoms with van der Waals surface area (Å²) in [5.41, 5.74) is 3.38. The van der Waals surface area contributed by atoms with Crippen LogP contribution in [-0.4, -0.2) is 12.1 Å². The summed E-state index contributed by atoms with van der Waals surface area (Å²) in [7, 11) is 1.59. The molecule has 3 heteroatoms. The smallest absolute Gasteiger partial charge is 0.213 e. The molecule has 0 aliphatic carbocycles. The molecule has 1 aromatic carbocycles. The van der Waals surface area contributed by atoms with E-state index in [2.05, 4.69) is 11.1 Å². The van der Waals surface area contributed by atoms with Gasteiger partial charge in [0.2, 0.25) is 5.88 Å². The van der Waals surface area contributed by atoms with Gasteiger partial charge in [-0.1, -0.05) is 18.2 Å². The lowest BCUT2D eigenvalue weighted by molar-refractivity contribution is 0.397. The van der Waals surface area contributed by atoms with Gasteiger partial charge in [-0.15, -0.1) is 0 Å². The summed E-state index contributed by atoms with van der Waals surface area (Å²) in [6.45, 7) is 1.91. The van der Waals surface area contributed by atoms with Gasteiger partial charge < -0.3 is 4.74 Å². The molecule has 0 bridgehead atoms. The molecule has 0 saturated carbocycles. The maximum absolute atomic E-state index is 9.08. The van der Waals surface area contributed by atoms with Crippen LogP contribution in [0.2, 0.25) is 0 Å². The average Bonchev–Trinajstić information content (AvgIpc) is 2.38. The highest BCUT2D eigenvalue weighted by atomic mass is 16.5. The summed E-state index contributed by atoms with van der Waals surface area (Å²) in [5.74, 6) is 0.584. The van der Waals surface area contributed by atoms with E-state index in [1.54, 1.807) is 19.2 Å². The molecular weight excluding hydrogens is 212 g/mol. The minimum absolute atomic E-state index is 0.584. The lowest BCUT2D eigenvalue weighted by Gasteiger charge is -2.08. The summed E-state index contributed by atoms with van der Waals surface area (Å²) in [4.78, 5) is 4.31. The molecule has 3 nitrogen and oxygen atoms in total. The molecule has 0 atom stereocenters. The van der Waals surface area contributed by atoms with Gasteiger partial charge in [-0.25, -0.2) is 4.98 Å². The zero-order valence-electron chi connectivity index (χ0n) is 9.77. The maximum atomic E-state index is 9.08. The van der Waals surface area contributed by atoms with Gasteiger partial charge in [0.15, 0.2) is 0 Å². The van der Waals surface area contributed by atoms with Crippen LogP contribution in [0.5, 0.6) is 5.88 Å². The average molecular weight is 224 g/mol. The number of ether oxygens (including phenoxy) is 1. The fourth-order valence-corrected chi connectivity index (χ4v) is 1.75. The highest BCUT2D eigenvalue weighted by molar-refractivity contribution is 5.72. The standard InChI is InChI=1S/C14H12N2O/c1-10-12(7-8-14(16-10)17-2)13-6-4-3-5-11(13)9-15/h3-8H,1-2H3. The van der Waals surface area contributed by atoms with Crippen molar-refractivity contribution in [2.24, 2.45) is 0 Å². The van der Waals surface area contributed by atoms with E-state index >= 15 is 0 Å². The van der Waals surface area contributed by atoms with Gasteiger partial charge in [0.1, 0.15) is 0 Å². The molecule has 0 N–H and O–H groups in total. The maximum Gasteiger partial charge on any atom is 0.213 e. The van der Waals surface area contributed by atoms with E-state index in [9.17, 15) is 0 Å². The van der Waals surface area contributed by atoms with Crippen LogP contribution in [0.4, 0.5) is 0 Å². The molecule has 0 spiro atoms. The van der Waals surface area contributed by atoms with Crippen molar-refractivity contribution in [3.63, 3.8) is 0 Å². The molecule has 0 aliphatic rings. The SMILES string of the molecule is COc1ccc(-c2ccccc2C#N)c(C)n1. The summed E-state index contributed by atoms with van der Waals surface area (Å²) in [6, 6.07) is 13.4. The fraction of sp³-hybridized carbons (Fsp3) is 0.143. The van der Waals surface area contributed by atoms with Crippen LogP contribution in [0.15, 0.2) is 36.4 Å². The van der Waals surface area contributed by atoms with Crippen LogP contribution >= 0.6 is 0 Å². The summed E-state index contributed by atoms with van der Waals surface area (Å²) >= 11 is 0. The number of methoxy groups -OCH3 is 1. The van der Waals surface area contributed by atoms with Crippen molar-refractivity contribution in [3.8, 4) is 23.1 Å². The highest BCUT2D eigenvalue weighted by Crippen LogP contribution is 2.26. The second-order valence-corrected chi connectivity index (χ2v) is 3.64. The lowest BCUT2D eigenvalue weighted by Crippen LogP contribution is -1.93. The zero-order valence-corrected chi connectivity index (χ0v) is 9.77. The van der Waals surface area contributed by atoms with E-state index in [1.165, 1.54) is 0 Å². The van der Waals surface area contributed by atoms with E-state index in [1.807, 2.05) is 31.2 Å². The number of nitriles is 1. The zero-order chi connectivity index (χ0) is 12.3. The van der Waals surface area contributed by atoms with E-state index < -0.39 is 0 Å². The van der Waals surface area contributed by atoms with Crippen molar-refractivity contribution in [2.75, 3.05) is 7.11 Å². The van der Waals surface area contributed by atoms with Gasteiger partial charge in [0.25, 0.3) is 0 Å². The van der Waals surface area contributed by atoms with Crippen molar-refractivity contribution >= 4 is 0 Å². The lowest BCUT2D eigenvalue weighted by atomic mass is 9.99. The fourth-order valence-electron chi connectivity index (χ4n) is 1.75. The topological polar surface area (TPSA) is 45.9 Å². The van der Waals surface area contributed by atoms with E-state index in [4.69, 9.17) is 10.00 Å². The third-order valence-electron chi connectivity index (χ3n) is 2.61. The van der Waals surface area contributed by atoms with Crippen molar-refractivity contribution in [2.45, 2.75) is 6.92 Å². The first-order valence-corrected chi connectivity index (χ1v) is 5.27. The number of rotatable bonds is 2. The molecule has 0 saturated heterocycles. The van der Waals surface area contributed by atoms with Gasteiger partial charge in [-0.3, -0.25) is 0 Å². The minimum Gasteiger partial charge on any atom is -0.481 e. The molecule has 1 heterocycles. The third-order valence-corrected chi connectivity index (χ3v) is 2.61. The Labute approximate surface area is 100 Å². The van der Waals surface area contributed by atoms with Crippen LogP contribution in [0.25, 0.3) is 11.1 Å².